The van der Waals surface area contributed by atoms with E-state index in [4.69, 9.17) is 15.2 Å². The molecular weight excluding hydrogens is 185 g/mol. The van der Waals surface area contributed by atoms with Crippen molar-refractivity contribution < 1.29 is 13.9 Å². The Labute approximate surface area is 82.6 Å². The van der Waals surface area contributed by atoms with Gasteiger partial charge in [-0.2, -0.15) is 0 Å². The molecule has 1 unspecified atom stereocenters. The standard InChI is InChI=1S/C10H14FNO2/c1-13-6-10(12)8-5-7(14-2)3-4-9(8)11/h3-5,10H,6,12H2,1-2H3. The normalized spacial score (nSPS) is 12.6. The highest BCUT2D eigenvalue weighted by molar-refractivity contribution is 5.31. The summed E-state index contributed by atoms with van der Waals surface area (Å²) in [6.45, 7) is 0.282. The van der Waals surface area contributed by atoms with E-state index in [1.807, 2.05) is 0 Å². The number of hydrogen-bond acceptors (Lipinski definition) is 3. The van der Waals surface area contributed by atoms with Gasteiger partial charge in [-0.25, -0.2) is 4.39 Å². The summed E-state index contributed by atoms with van der Waals surface area (Å²) in [5.74, 6) is 0.253. The minimum atomic E-state index is -0.463. The molecule has 0 aliphatic rings. The Morgan fingerprint density at radius 1 is 1.43 bits per heavy atom. The summed E-state index contributed by atoms with van der Waals surface area (Å²) in [4.78, 5) is 0. The third-order valence-corrected chi connectivity index (χ3v) is 1.95. The molecule has 0 fully saturated rings. The Kier molecular flexibility index (Phi) is 3.85. The van der Waals surface area contributed by atoms with Crippen LogP contribution >= 0.6 is 0 Å². The summed E-state index contributed by atoms with van der Waals surface area (Å²) in [7, 11) is 3.05. The van der Waals surface area contributed by atoms with Gasteiger partial charge in [0.1, 0.15) is 11.6 Å². The van der Waals surface area contributed by atoms with E-state index in [2.05, 4.69) is 0 Å². The van der Waals surface area contributed by atoms with Crippen LogP contribution < -0.4 is 10.5 Å². The highest BCUT2D eigenvalue weighted by Crippen LogP contribution is 2.21. The Balaban J connectivity index is 2.93. The molecule has 0 aliphatic carbocycles. The largest absolute Gasteiger partial charge is 0.497 e. The fourth-order valence-corrected chi connectivity index (χ4v) is 1.20. The van der Waals surface area contributed by atoms with Gasteiger partial charge in [0.25, 0.3) is 0 Å². The second kappa shape index (κ2) is 4.93. The Hall–Kier alpha value is -1.13. The van der Waals surface area contributed by atoms with E-state index in [1.54, 1.807) is 12.1 Å². The van der Waals surface area contributed by atoms with Gasteiger partial charge in [0.15, 0.2) is 0 Å². The van der Waals surface area contributed by atoms with E-state index in [1.165, 1.54) is 20.3 Å². The van der Waals surface area contributed by atoms with Gasteiger partial charge in [0.05, 0.1) is 19.8 Å². The fourth-order valence-electron chi connectivity index (χ4n) is 1.20. The van der Waals surface area contributed by atoms with Crippen LogP contribution in [0.25, 0.3) is 0 Å². The quantitative estimate of drug-likeness (QED) is 0.798. The monoisotopic (exact) mass is 199 g/mol. The molecule has 0 bridgehead atoms. The highest BCUT2D eigenvalue weighted by atomic mass is 19.1. The maximum Gasteiger partial charge on any atom is 0.128 e. The van der Waals surface area contributed by atoms with E-state index in [0.717, 1.165) is 0 Å². The molecule has 1 rings (SSSR count). The van der Waals surface area contributed by atoms with Gasteiger partial charge in [-0.3, -0.25) is 0 Å². The molecule has 4 heteroatoms. The lowest BCUT2D eigenvalue weighted by Gasteiger charge is -2.12. The molecule has 0 spiro atoms. The van der Waals surface area contributed by atoms with Crippen molar-refractivity contribution in [2.45, 2.75) is 6.04 Å². The summed E-state index contributed by atoms with van der Waals surface area (Å²) in [5, 5.41) is 0. The first-order chi connectivity index (χ1) is 6.69. The van der Waals surface area contributed by atoms with E-state index in [-0.39, 0.29) is 12.4 Å². The van der Waals surface area contributed by atoms with Gasteiger partial charge in [-0.05, 0) is 18.2 Å². The van der Waals surface area contributed by atoms with Crippen molar-refractivity contribution >= 4 is 0 Å². The molecule has 0 aliphatic heterocycles. The van der Waals surface area contributed by atoms with Crippen LogP contribution in [0.1, 0.15) is 11.6 Å². The summed E-state index contributed by atoms with van der Waals surface area (Å²) in [6, 6.07) is 4.01. The average molecular weight is 199 g/mol. The van der Waals surface area contributed by atoms with Gasteiger partial charge < -0.3 is 15.2 Å². The maximum atomic E-state index is 13.3. The predicted octanol–water partition coefficient (Wildman–Crippen LogP) is 1.48. The topological polar surface area (TPSA) is 44.5 Å². The van der Waals surface area contributed by atoms with Crippen molar-refractivity contribution in [1.82, 2.24) is 0 Å². The minimum absolute atomic E-state index is 0.282. The van der Waals surface area contributed by atoms with E-state index in [9.17, 15) is 4.39 Å². The molecule has 14 heavy (non-hydrogen) atoms. The molecule has 0 aromatic heterocycles. The van der Waals surface area contributed by atoms with Gasteiger partial charge >= 0.3 is 0 Å². The molecule has 1 aromatic carbocycles. The second-order valence-corrected chi connectivity index (χ2v) is 2.95. The van der Waals surface area contributed by atoms with Crippen molar-refractivity contribution in [3.8, 4) is 5.75 Å². The van der Waals surface area contributed by atoms with Gasteiger partial charge in [0, 0.05) is 12.7 Å². The van der Waals surface area contributed by atoms with Crippen LogP contribution in [0, 0.1) is 5.82 Å². The predicted molar refractivity (Wildman–Crippen MR) is 51.8 cm³/mol. The summed E-state index contributed by atoms with van der Waals surface area (Å²) in [6.07, 6.45) is 0. The van der Waals surface area contributed by atoms with Crippen LogP contribution in [0.2, 0.25) is 0 Å². The highest BCUT2D eigenvalue weighted by Gasteiger charge is 2.11. The number of benzene rings is 1. The van der Waals surface area contributed by atoms with E-state index < -0.39 is 6.04 Å². The average Bonchev–Trinajstić information content (AvgIpc) is 2.19. The van der Waals surface area contributed by atoms with Crippen LogP contribution in [-0.4, -0.2) is 20.8 Å². The van der Waals surface area contributed by atoms with Gasteiger partial charge in [-0.15, -0.1) is 0 Å². The smallest absolute Gasteiger partial charge is 0.128 e. The number of ether oxygens (including phenoxy) is 2. The molecule has 1 aromatic rings. The third-order valence-electron chi connectivity index (χ3n) is 1.95. The molecular formula is C10H14FNO2. The molecule has 1 atom stereocenters. The SMILES string of the molecule is COCC(N)c1cc(OC)ccc1F. The van der Waals surface area contributed by atoms with Crippen LogP contribution in [0.15, 0.2) is 18.2 Å². The van der Waals surface area contributed by atoms with Crippen molar-refractivity contribution in [3.05, 3.63) is 29.6 Å². The van der Waals surface area contributed by atoms with Crippen molar-refractivity contribution in [3.63, 3.8) is 0 Å². The molecule has 0 saturated carbocycles. The number of nitrogens with two attached hydrogens (primary N) is 1. The lowest BCUT2D eigenvalue weighted by molar-refractivity contribution is 0.179. The third kappa shape index (κ3) is 2.43. The Morgan fingerprint density at radius 2 is 2.14 bits per heavy atom. The summed E-state index contributed by atoms with van der Waals surface area (Å²) < 4.78 is 23.1. The second-order valence-electron chi connectivity index (χ2n) is 2.95. The molecule has 0 heterocycles. The molecule has 2 N–H and O–H groups in total. The first kappa shape index (κ1) is 10.9. The van der Waals surface area contributed by atoms with E-state index >= 15 is 0 Å². The fraction of sp³-hybridized carbons (Fsp3) is 0.400. The number of rotatable bonds is 4. The minimum Gasteiger partial charge on any atom is -0.497 e. The summed E-state index contributed by atoms with van der Waals surface area (Å²) >= 11 is 0. The van der Waals surface area contributed by atoms with Crippen molar-refractivity contribution in [2.24, 2.45) is 5.73 Å². The zero-order valence-electron chi connectivity index (χ0n) is 8.29. The van der Waals surface area contributed by atoms with Crippen LogP contribution in [-0.2, 0) is 4.74 Å². The van der Waals surface area contributed by atoms with Crippen LogP contribution in [0.3, 0.4) is 0 Å². The van der Waals surface area contributed by atoms with Crippen molar-refractivity contribution in [2.75, 3.05) is 20.8 Å². The summed E-state index contributed by atoms with van der Waals surface area (Å²) in [5.41, 5.74) is 6.12. The first-order valence-electron chi connectivity index (χ1n) is 4.27. The zero-order valence-corrected chi connectivity index (χ0v) is 8.29. The molecule has 3 nitrogen and oxygen atoms in total. The van der Waals surface area contributed by atoms with Gasteiger partial charge in [0.2, 0.25) is 0 Å². The Bertz CT molecular complexity index is 304. The number of halogens is 1. The zero-order chi connectivity index (χ0) is 10.6. The first-order valence-corrected chi connectivity index (χ1v) is 4.27. The maximum absolute atomic E-state index is 13.3. The van der Waals surface area contributed by atoms with Gasteiger partial charge in [-0.1, -0.05) is 0 Å². The lowest BCUT2D eigenvalue weighted by Crippen LogP contribution is -2.17. The lowest BCUT2D eigenvalue weighted by atomic mass is 10.1. The Morgan fingerprint density at radius 3 is 2.71 bits per heavy atom. The van der Waals surface area contributed by atoms with E-state index in [0.29, 0.717) is 11.3 Å². The molecule has 78 valence electrons. The van der Waals surface area contributed by atoms with Crippen molar-refractivity contribution in [1.29, 1.82) is 0 Å². The number of hydrogen-bond donors (Lipinski definition) is 1. The molecule has 0 radical (unpaired) electrons. The van der Waals surface area contributed by atoms with Crippen LogP contribution in [0.4, 0.5) is 4.39 Å². The van der Waals surface area contributed by atoms with Crippen LogP contribution in [0.5, 0.6) is 5.75 Å². The number of methoxy groups -OCH3 is 2. The molecule has 0 amide bonds. The molecule has 0 saturated heterocycles.